The zero-order valence-corrected chi connectivity index (χ0v) is 14.7. The Bertz CT molecular complexity index is 776. The quantitative estimate of drug-likeness (QED) is 0.604. The first kappa shape index (κ1) is 18.8. The zero-order valence-electron chi connectivity index (χ0n) is 14.0. The van der Waals surface area contributed by atoms with Crippen molar-refractivity contribution in [2.24, 2.45) is 0 Å². The van der Waals surface area contributed by atoms with E-state index in [0.29, 0.717) is 17.0 Å². The number of hydrogen-bond acceptors (Lipinski definition) is 5. The Labute approximate surface area is 149 Å². The Morgan fingerprint density at radius 3 is 2.56 bits per heavy atom. The number of halogens is 2. The van der Waals surface area contributed by atoms with Gasteiger partial charge in [-0.25, -0.2) is 14.8 Å². The molecule has 0 unspecified atom stereocenters. The lowest BCUT2D eigenvalue weighted by Gasteiger charge is -2.27. The molecule has 2 aromatic heterocycles. The first-order chi connectivity index (χ1) is 11.7. The Morgan fingerprint density at radius 1 is 1.32 bits per heavy atom. The van der Waals surface area contributed by atoms with Crippen LogP contribution in [0, 0.1) is 5.95 Å². The number of anilines is 1. The van der Waals surface area contributed by atoms with Crippen LogP contribution in [-0.2, 0) is 11.3 Å². The van der Waals surface area contributed by atoms with E-state index in [1.807, 2.05) is 0 Å². The molecule has 0 radical (unpaired) electrons. The highest BCUT2D eigenvalue weighted by Gasteiger charge is 2.25. The molecule has 2 heterocycles. The van der Waals surface area contributed by atoms with E-state index in [4.69, 9.17) is 16.3 Å². The molecule has 132 valence electrons. The molecule has 0 aromatic carbocycles. The van der Waals surface area contributed by atoms with Crippen molar-refractivity contribution in [1.82, 2.24) is 9.97 Å². The molecule has 0 bridgehead atoms. The molecule has 0 aliphatic heterocycles. The lowest BCUT2D eigenvalue weighted by atomic mass is 10.2. The topological polar surface area (TPSA) is 72.4 Å². The highest BCUT2D eigenvalue weighted by Crippen LogP contribution is 2.20. The van der Waals surface area contributed by atoms with Crippen LogP contribution in [0.4, 0.5) is 15.0 Å². The van der Waals surface area contributed by atoms with Gasteiger partial charge >= 0.3 is 6.09 Å². The Balaban J connectivity index is 2.37. The first-order valence-electron chi connectivity index (χ1n) is 7.42. The van der Waals surface area contributed by atoms with Gasteiger partial charge in [0.25, 0.3) is 0 Å². The maximum atomic E-state index is 13.9. The largest absolute Gasteiger partial charge is 0.443 e. The lowest BCUT2D eigenvalue weighted by molar-refractivity contribution is 0.0576. The molecule has 0 aliphatic carbocycles. The van der Waals surface area contributed by atoms with E-state index in [0.717, 1.165) is 4.90 Å². The third-order valence-corrected chi connectivity index (χ3v) is 3.23. The van der Waals surface area contributed by atoms with Crippen LogP contribution in [0.25, 0.3) is 0 Å². The molecule has 8 heteroatoms. The van der Waals surface area contributed by atoms with Crippen LogP contribution in [0.15, 0.2) is 30.5 Å². The number of rotatable bonds is 4. The second-order valence-corrected chi connectivity index (χ2v) is 6.61. The van der Waals surface area contributed by atoms with Crippen LogP contribution in [0.3, 0.4) is 0 Å². The normalized spacial score (nSPS) is 11.1. The van der Waals surface area contributed by atoms with Gasteiger partial charge in [0.2, 0.25) is 5.95 Å². The van der Waals surface area contributed by atoms with Crippen LogP contribution < -0.4 is 4.90 Å². The summed E-state index contributed by atoms with van der Waals surface area (Å²) in [7, 11) is 0. The highest BCUT2D eigenvalue weighted by atomic mass is 35.5. The van der Waals surface area contributed by atoms with Gasteiger partial charge < -0.3 is 4.74 Å². The van der Waals surface area contributed by atoms with Crippen molar-refractivity contribution in [3.63, 3.8) is 0 Å². The van der Waals surface area contributed by atoms with Gasteiger partial charge in [-0.3, -0.25) is 9.69 Å². The number of nitrogens with zero attached hydrogens (tertiary/aromatic N) is 3. The third-order valence-electron chi connectivity index (χ3n) is 3.01. The minimum Gasteiger partial charge on any atom is -0.443 e. The molecule has 0 saturated carbocycles. The number of aldehydes is 1. The van der Waals surface area contributed by atoms with Gasteiger partial charge in [0.15, 0.2) is 6.29 Å². The molecule has 0 atom stereocenters. The van der Waals surface area contributed by atoms with Gasteiger partial charge in [-0.15, -0.1) is 0 Å². The first-order valence-corrected chi connectivity index (χ1v) is 7.80. The van der Waals surface area contributed by atoms with E-state index in [-0.39, 0.29) is 17.9 Å². The summed E-state index contributed by atoms with van der Waals surface area (Å²) >= 11 is 5.76. The van der Waals surface area contributed by atoms with Gasteiger partial charge in [-0.1, -0.05) is 17.7 Å². The van der Waals surface area contributed by atoms with Gasteiger partial charge in [0, 0.05) is 6.20 Å². The van der Waals surface area contributed by atoms with Crippen LogP contribution in [-0.4, -0.2) is 27.9 Å². The summed E-state index contributed by atoms with van der Waals surface area (Å²) < 4.78 is 19.2. The van der Waals surface area contributed by atoms with Gasteiger partial charge in [-0.2, -0.15) is 4.39 Å². The van der Waals surface area contributed by atoms with Crippen molar-refractivity contribution in [3.05, 3.63) is 52.7 Å². The molecule has 0 fully saturated rings. The van der Waals surface area contributed by atoms with E-state index < -0.39 is 17.6 Å². The summed E-state index contributed by atoms with van der Waals surface area (Å²) in [5, 5.41) is 0.312. The SMILES string of the molecule is CC(C)(C)OC(=O)N(Cc1ccc(Cl)nc1)c1ccc(C=O)c(F)n1. The zero-order chi connectivity index (χ0) is 18.6. The minimum absolute atomic E-state index is 0.0206. The number of carbonyl (C=O) groups is 2. The van der Waals surface area contributed by atoms with Crippen LogP contribution >= 0.6 is 11.6 Å². The number of hydrogen-bond donors (Lipinski definition) is 0. The number of ether oxygens (including phenoxy) is 1. The fourth-order valence-electron chi connectivity index (χ4n) is 1.91. The van der Waals surface area contributed by atoms with Crippen LogP contribution in [0.1, 0.15) is 36.7 Å². The second kappa shape index (κ2) is 7.57. The molecular weight excluding hydrogens is 349 g/mol. The Morgan fingerprint density at radius 2 is 2.04 bits per heavy atom. The van der Waals surface area contributed by atoms with E-state index in [1.54, 1.807) is 32.9 Å². The van der Waals surface area contributed by atoms with Crippen molar-refractivity contribution < 1.29 is 18.7 Å². The molecule has 1 amide bonds. The predicted octanol–water partition coefficient (Wildman–Crippen LogP) is 4.02. The number of pyridine rings is 2. The summed E-state index contributed by atoms with van der Waals surface area (Å²) in [4.78, 5) is 32.1. The molecule has 2 rings (SSSR count). The molecule has 0 N–H and O–H groups in total. The highest BCUT2D eigenvalue weighted by molar-refractivity contribution is 6.29. The summed E-state index contributed by atoms with van der Waals surface area (Å²) in [5.74, 6) is -0.942. The number of carbonyl (C=O) groups excluding carboxylic acids is 2. The van der Waals surface area contributed by atoms with Gasteiger partial charge in [0.05, 0.1) is 12.1 Å². The molecule has 2 aromatic rings. The second-order valence-electron chi connectivity index (χ2n) is 6.22. The Hall–Kier alpha value is -2.54. The molecule has 0 saturated heterocycles. The summed E-state index contributed by atoms with van der Waals surface area (Å²) in [6.45, 7) is 5.20. The van der Waals surface area contributed by atoms with Crippen molar-refractivity contribution in [2.75, 3.05) is 4.90 Å². The van der Waals surface area contributed by atoms with E-state index >= 15 is 0 Å². The van der Waals surface area contributed by atoms with Crippen molar-refractivity contribution in [3.8, 4) is 0 Å². The van der Waals surface area contributed by atoms with E-state index in [1.165, 1.54) is 18.3 Å². The van der Waals surface area contributed by atoms with Crippen LogP contribution in [0.2, 0.25) is 5.15 Å². The summed E-state index contributed by atoms with van der Waals surface area (Å²) in [6.07, 6.45) is 1.15. The van der Waals surface area contributed by atoms with Crippen molar-refractivity contribution >= 4 is 29.8 Å². The minimum atomic E-state index is -0.963. The fourth-order valence-corrected chi connectivity index (χ4v) is 2.02. The molecule has 0 aliphatic rings. The number of aromatic nitrogens is 2. The van der Waals surface area contributed by atoms with Gasteiger partial charge in [-0.05, 0) is 44.5 Å². The third kappa shape index (κ3) is 5.22. The summed E-state index contributed by atoms with van der Waals surface area (Å²) in [5.41, 5.74) is -0.285. The molecule has 6 nitrogen and oxygen atoms in total. The average molecular weight is 366 g/mol. The standard InChI is InChI=1S/C17H17ClFN3O3/c1-17(2,3)25-16(24)22(9-11-4-6-13(18)20-8-11)14-7-5-12(10-23)15(19)21-14/h4-8,10H,9H2,1-3H3. The molecule has 25 heavy (non-hydrogen) atoms. The predicted molar refractivity (Wildman–Crippen MR) is 91.2 cm³/mol. The van der Waals surface area contributed by atoms with Crippen LogP contribution in [0.5, 0.6) is 0 Å². The summed E-state index contributed by atoms with van der Waals surface area (Å²) in [6, 6.07) is 5.89. The maximum absolute atomic E-state index is 13.9. The monoisotopic (exact) mass is 365 g/mol. The molecule has 0 spiro atoms. The Kier molecular flexibility index (Phi) is 5.69. The van der Waals surface area contributed by atoms with Crippen molar-refractivity contribution in [1.29, 1.82) is 0 Å². The lowest BCUT2D eigenvalue weighted by Crippen LogP contribution is -2.37. The van der Waals surface area contributed by atoms with E-state index in [2.05, 4.69) is 9.97 Å². The van der Waals surface area contributed by atoms with Crippen molar-refractivity contribution in [2.45, 2.75) is 32.9 Å². The smallest absolute Gasteiger partial charge is 0.416 e. The fraction of sp³-hybridized carbons (Fsp3) is 0.294. The number of amides is 1. The molecular formula is C17H17ClFN3O3. The average Bonchev–Trinajstić information content (AvgIpc) is 2.52. The van der Waals surface area contributed by atoms with Gasteiger partial charge in [0.1, 0.15) is 16.6 Å². The maximum Gasteiger partial charge on any atom is 0.416 e. The van der Waals surface area contributed by atoms with E-state index in [9.17, 15) is 14.0 Å².